The Kier molecular flexibility index (Phi) is 4.94. The molecule has 0 saturated carbocycles. The highest BCUT2D eigenvalue weighted by Crippen LogP contribution is 2.28. The van der Waals surface area contributed by atoms with Gasteiger partial charge in [0.05, 0.1) is 5.69 Å². The number of hydrogen-bond acceptors (Lipinski definition) is 2. The van der Waals surface area contributed by atoms with Crippen molar-refractivity contribution in [2.24, 2.45) is 0 Å². The molecule has 0 spiro atoms. The maximum atomic E-state index is 14.0. The molecule has 1 heterocycles. The lowest BCUT2D eigenvalue weighted by Gasteiger charge is -2.18. The molecule has 0 radical (unpaired) electrons. The molecule has 0 aliphatic heterocycles. The predicted molar refractivity (Wildman–Crippen MR) is 102 cm³/mol. The van der Waals surface area contributed by atoms with Gasteiger partial charge in [0.1, 0.15) is 11.6 Å². The van der Waals surface area contributed by atoms with Gasteiger partial charge >= 0.3 is 0 Å². The van der Waals surface area contributed by atoms with Crippen LogP contribution in [-0.4, -0.2) is 27.6 Å². The summed E-state index contributed by atoms with van der Waals surface area (Å²) < 4.78 is 29.0. The van der Waals surface area contributed by atoms with Gasteiger partial charge < -0.3 is 4.90 Å². The average molecular weight is 381 g/mol. The maximum Gasteiger partial charge on any atom is 0.274 e. The highest BCUT2D eigenvalue weighted by Gasteiger charge is 2.27. The molecule has 4 nitrogen and oxygen atoms in total. The Hall–Kier alpha value is -3.02. The molecule has 1 amide bonds. The second-order valence-corrected chi connectivity index (χ2v) is 7.12. The number of benzene rings is 2. The Balaban J connectivity index is 1.68. The number of fused-ring (bicyclic) bond motifs is 1. The topological polar surface area (TPSA) is 38.1 Å². The maximum absolute atomic E-state index is 14.0. The molecule has 0 fully saturated rings. The van der Waals surface area contributed by atoms with Crippen LogP contribution in [0.25, 0.3) is 5.69 Å². The first-order valence-corrected chi connectivity index (χ1v) is 9.40. The van der Waals surface area contributed by atoms with Crippen molar-refractivity contribution >= 4 is 5.91 Å². The summed E-state index contributed by atoms with van der Waals surface area (Å²) in [6.07, 6.45) is 3.63. The quantitative estimate of drug-likeness (QED) is 0.676. The van der Waals surface area contributed by atoms with Gasteiger partial charge in [-0.3, -0.25) is 4.79 Å². The van der Waals surface area contributed by atoms with Gasteiger partial charge in [-0.15, -0.1) is 0 Å². The summed E-state index contributed by atoms with van der Waals surface area (Å²) in [5, 5.41) is 4.59. The molecule has 1 aliphatic carbocycles. The largest absolute Gasteiger partial charge is 0.336 e. The molecule has 1 aliphatic rings. The van der Waals surface area contributed by atoms with E-state index in [9.17, 15) is 13.6 Å². The predicted octanol–water partition coefficient (Wildman–Crippen LogP) is 4.30. The van der Waals surface area contributed by atoms with Crippen LogP contribution in [0.4, 0.5) is 8.78 Å². The molecule has 28 heavy (non-hydrogen) atoms. The molecule has 0 N–H and O–H groups in total. The van der Waals surface area contributed by atoms with E-state index < -0.39 is 0 Å². The van der Waals surface area contributed by atoms with Crippen molar-refractivity contribution in [3.63, 3.8) is 0 Å². The van der Waals surface area contributed by atoms with Gasteiger partial charge in [0.15, 0.2) is 5.69 Å². The number of nitrogens with zero attached hydrogens (tertiary/aromatic N) is 3. The van der Waals surface area contributed by atoms with Gasteiger partial charge in [-0.05, 0) is 56.0 Å². The molecule has 0 atom stereocenters. The molecule has 1 aromatic heterocycles. The number of rotatable bonds is 4. The summed E-state index contributed by atoms with van der Waals surface area (Å²) in [4.78, 5) is 14.6. The summed E-state index contributed by atoms with van der Waals surface area (Å²) >= 11 is 0. The first-order valence-electron chi connectivity index (χ1n) is 9.40. The van der Waals surface area contributed by atoms with Crippen molar-refractivity contribution in [1.82, 2.24) is 14.7 Å². The van der Waals surface area contributed by atoms with Gasteiger partial charge in [0, 0.05) is 30.4 Å². The molecule has 0 saturated heterocycles. The van der Waals surface area contributed by atoms with Crippen LogP contribution < -0.4 is 0 Å². The van der Waals surface area contributed by atoms with Crippen molar-refractivity contribution in [2.45, 2.75) is 32.2 Å². The fourth-order valence-corrected chi connectivity index (χ4v) is 3.70. The summed E-state index contributed by atoms with van der Waals surface area (Å²) in [6, 6.07) is 12.5. The Morgan fingerprint density at radius 3 is 2.54 bits per heavy atom. The van der Waals surface area contributed by atoms with Gasteiger partial charge in [0.25, 0.3) is 5.91 Å². The minimum Gasteiger partial charge on any atom is -0.336 e. The Morgan fingerprint density at radius 1 is 1.07 bits per heavy atom. The third kappa shape index (κ3) is 3.42. The molecule has 4 rings (SSSR count). The highest BCUT2D eigenvalue weighted by atomic mass is 19.1. The van der Waals surface area contributed by atoms with Crippen molar-refractivity contribution in [3.8, 4) is 5.69 Å². The minimum absolute atomic E-state index is 0.170. The summed E-state index contributed by atoms with van der Waals surface area (Å²) in [5.41, 5.74) is 3.54. The smallest absolute Gasteiger partial charge is 0.274 e. The Bertz CT molecular complexity index is 1010. The number of amides is 1. The standard InChI is InChI=1S/C22H21F2N3O/c1-26(14-15-6-2-4-8-19(15)24)22(28)21-18-7-3-5-9-20(18)27(25-21)17-12-10-16(23)11-13-17/h2,4,6,8,10-13H,3,5,7,9,14H2,1H3. The summed E-state index contributed by atoms with van der Waals surface area (Å²) in [6.45, 7) is 0.170. The van der Waals surface area contributed by atoms with Crippen LogP contribution in [0.15, 0.2) is 48.5 Å². The van der Waals surface area contributed by atoms with Gasteiger partial charge in [-0.25, -0.2) is 13.5 Å². The lowest BCUT2D eigenvalue weighted by molar-refractivity contribution is 0.0776. The van der Waals surface area contributed by atoms with E-state index in [0.717, 1.165) is 42.6 Å². The number of aromatic nitrogens is 2. The summed E-state index contributed by atoms with van der Waals surface area (Å²) in [7, 11) is 1.65. The number of halogens is 2. The van der Waals surface area contributed by atoms with Crippen LogP contribution >= 0.6 is 0 Å². The van der Waals surface area contributed by atoms with Gasteiger partial charge in [-0.1, -0.05) is 18.2 Å². The first-order chi connectivity index (χ1) is 13.5. The second-order valence-electron chi connectivity index (χ2n) is 7.12. The minimum atomic E-state index is -0.332. The third-order valence-electron chi connectivity index (χ3n) is 5.17. The molecule has 2 aromatic carbocycles. The second kappa shape index (κ2) is 7.54. The lowest BCUT2D eigenvalue weighted by atomic mass is 9.95. The van der Waals surface area contributed by atoms with E-state index in [-0.39, 0.29) is 24.1 Å². The molecular weight excluding hydrogens is 360 g/mol. The van der Waals surface area contributed by atoms with Gasteiger partial charge in [-0.2, -0.15) is 5.10 Å². The van der Waals surface area contributed by atoms with E-state index in [1.54, 1.807) is 42.1 Å². The van der Waals surface area contributed by atoms with Crippen molar-refractivity contribution in [2.75, 3.05) is 7.05 Å². The fraction of sp³-hybridized carbons (Fsp3) is 0.273. The zero-order valence-electron chi connectivity index (χ0n) is 15.7. The van der Waals surface area contributed by atoms with Crippen molar-refractivity contribution < 1.29 is 13.6 Å². The van der Waals surface area contributed by atoms with Gasteiger partial charge in [0.2, 0.25) is 0 Å². The van der Waals surface area contributed by atoms with Crippen LogP contribution in [0.2, 0.25) is 0 Å². The van der Waals surface area contributed by atoms with Crippen LogP contribution in [0.3, 0.4) is 0 Å². The van der Waals surface area contributed by atoms with Crippen molar-refractivity contribution in [3.05, 3.63) is 82.7 Å². The first kappa shape index (κ1) is 18.3. The summed E-state index contributed by atoms with van der Waals surface area (Å²) in [5.74, 6) is -0.881. The molecule has 144 valence electrons. The molecular formula is C22H21F2N3O. The zero-order valence-corrected chi connectivity index (χ0v) is 15.7. The molecule has 0 bridgehead atoms. The lowest BCUT2D eigenvalue weighted by Crippen LogP contribution is -2.28. The van der Waals surface area contributed by atoms with Crippen LogP contribution in [-0.2, 0) is 19.4 Å². The average Bonchev–Trinajstić information content (AvgIpc) is 3.09. The highest BCUT2D eigenvalue weighted by molar-refractivity contribution is 5.94. The van der Waals surface area contributed by atoms with E-state index in [1.807, 2.05) is 0 Å². The molecule has 3 aromatic rings. The Labute approximate surface area is 162 Å². The fourth-order valence-electron chi connectivity index (χ4n) is 3.70. The van der Waals surface area contributed by atoms with Crippen LogP contribution in [0.1, 0.15) is 40.2 Å². The van der Waals surface area contributed by atoms with E-state index >= 15 is 0 Å². The molecule has 0 unspecified atom stereocenters. The van der Waals surface area contributed by atoms with Crippen LogP contribution in [0, 0.1) is 11.6 Å². The third-order valence-corrected chi connectivity index (χ3v) is 5.17. The van der Waals surface area contributed by atoms with Crippen LogP contribution in [0.5, 0.6) is 0 Å². The van der Waals surface area contributed by atoms with E-state index in [2.05, 4.69) is 5.10 Å². The normalized spacial score (nSPS) is 13.2. The monoisotopic (exact) mass is 381 g/mol. The number of carbonyl (C=O) groups is 1. The number of hydrogen-bond donors (Lipinski definition) is 0. The van der Waals surface area contributed by atoms with E-state index in [1.165, 1.54) is 23.1 Å². The SMILES string of the molecule is CN(Cc1ccccc1F)C(=O)c1nn(-c2ccc(F)cc2)c2c1CCCC2. The molecule has 6 heteroatoms. The van der Waals surface area contributed by atoms with E-state index in [4.69, 9.17) is 0 Å². The van der Waals surface area contributed by atoms with E-state index in [0.29, 0.717) is 11.3 Å². The number of carbonyl (C=O) groups excluding carboxylic acids is 1. The Morgan fingerprint density at radius 2 is 1.79 bits per heavy atom. The van der Waals surface area contributed by atoms with Crippen molar-refractivity contribution in [1.29, 1.82) is 0 Å². The zero-order chi connectivity index (χ0) is 19.7.